The van der Waals surface area contributed by atoms with E-state index in [1.54, 1.807) is 0 Å². The van der Waals surface area contributed by atoms with E-state index in [1.807, 2.05) is 0 Å². The van der Waals surface area contributed by atoms with Gasteiger partial charge < -0.3 is 10.6 Å². The molecule has 2 N–H and O–H groups in total. The molecule has 2 aliphatic rings. The van der Waals surface area contributed by atoms with E-state index >= 15 is 0 Å². The Hall–Kier alpha value is -0.570. The lowest BCUT2D eigenvalue weighted by Crippen LogP contribution is -2.40. The lowest BCUT2D eigenvalue weighted by atomic mass is 10.00. The van der Waals surface area contributed by atoms with Crippen molar-refractivity contribution in [3.8, 4) is 0 Å². The molecule has 1 amide bonds. The highest BCUT2D eigenvalue weighted by molar-refractivity contribution is 5.79. The van der Waals surface area contributed by atoms with Crippen LogP contribution in [0.4, 0.5) is 0 Å². The standard InChI is InChI=1S/C14H26N2O/c1-10(2)8-13-4-3-7-16(13)14(17)11-5-6-12(15)9-11/h10-13H,3-9,15H2,1-2H3. The van der Waals surface area contributed by atoms with Crippen molar-refractivity contribution >= 4 is 5.91 Å². The third-order valence-corrected chi connectivity index (χ3v) is 4.23. The van der Waals surface area contributed by atoms with Crippen LogP contribution in [0, 0.1) is 11.8 Å². The minimum Gasteiger partial charge on any atom is -0.339 e. The van der Waals surface area contributed by atoms with Crippen LogP contribution in [0.5, 0.6) is 0 Å². The Morgan fingerprint density at radius 1 is 1.35 bits per heavy atom. The maximum Gasteiger partial charge on any atom is 0.225 e. The van der Waals surface area contributed by atoms with Crippen molar-refractivity contribution < 1.29 is 4.79 Å². The van der Waals surface area contributed by atoms with Gasteiger partial charge in [0.05, 0.1) is 0 Å². The molecule has 17 heavy (non-hydrogen) atoms. The third kappa shape index (κ3) is 3.01. The van der Waals surface area contributed by atoms with Gasteiger partial charge in [-0.15, -0.1) is 0 Å². The Balaban J connectivity index is 1.93. The molecule has 1 heterocycles. The number of carbonyl (C=O) groups is 1. The molecule has 2 rings (SSSR count). The number of amides is 1. The highest BCUT2D eigenvalue weighted by Crippen LogP contribution is 2.31. The zero-order valence-corrected chi connectivity index (χ0v) is 11.2. The number of hydrogen-bond acceptors (Lipinski definition) is 2. The predicted molar refractivity (Wildman–Crippen MR) is 69.5 cm³/mol. The average molecular weight is 238 g/mol. The van der Waals surface area contributed by atoms with Gasteiger partial charge in [0.15, 0.2) is 0 Å². The maximum absolute atomic E-state index is 12.5. The van der Waals surface area contributed by atoms with Crippen LogP contribution in [-0.4, -0.2) is 29.4 Å². The Morgan fingerprint density at radius 3 is 2.71 bits per heavy atom. The van der Waals surface area contributed by atoms with E-state index in [1.165, 1.54) is 12.8 Å². The summed E-state index contributed by atoms with van der Waals surface area (Å²) in [5, 5.41) is 0. The van der Waals surface area contributed by atoms with Gasteiger partial charge in [-0.2, -0.15) is 0 Å². The first kappa shape index (κ1) is 12.9. The molecule has 3 unspecified atom stereocenters. The SMILES string of the molecule is CC(C)CC1CCCN1C(=O)C1CCC(N)C1. The number of carbonyl (C=O) groups excluding carboxylic acids is 1. The summed E-state index contributed by atoms with van der Waals surface area (Å²) in [6.07, 6.45) is 6.48. The minimum absolute atomic E-state index is 0.220. The topological polar surface area (TPSA) is 46.3 Å². The average Bonchev–Trinajstić information content (AvgIpc) is 2.85. The normalized spacial score (nSPS) is 33.6. The van der Waals surface area contributed by atoms with Crippen LogP contribution in [0.1, 0.15) is 52.4 Å². The molecular formula is C14H26N2O. The van der Waals surface area contributed by atoms with Gasteiger partial charge in [-0.25, -0.2) is 0 Å². The van der Waals surface area contributed by atoms with Crippen LogP contribution in [0.15, 0.2) is 0 Å². The summed E-state index contributed by atoms with van der Waals surface area (Å²) in [4.78, 5) is 14.6. The van der Waals surface area contributed by atoms with Crippen molar-refractivity contribution in [2.45, 2.75) is 64.5 Å². The van der Waals surface area contributed by atoms with E-state index in [-0.39, 0.29) is 12.0 Å². The van der Waals surface area contributed by atoms with Gasteiger partial charge in [0, 0.05) is 24.5 Å². The van der Waals surface area contributed by atoms with Gasteiger partial charge in [0.1, 0.15) is 0 Å². The van der Waals surface area contributed by atoms with Gasteiger partial charge in [-0.1, -0.05) is 13.8 Å². The fourth-order valence-corrected chi connectivity index (χ4v) is 3.39. The highest BCUT2D eigenvalue weighted by atomic mass is 16.2. The molecule has 0 spiro atoms. The summed E-state index contributed by atoms with van der Waals surface area (Å²) >= 11 is 0. The van der Waals surface area contributed by atoms with Gasteiger partial charge in [0.25, 0.3) is 0 Å². The highest BCUT2D eigenvalue weighted by Gasteiger charge is 2.36. The molecular weight excluding hydrogens is 212 g/mol. The molecule has 0 radical (unpaired) electrons. The summed E-state index contributed by atoms with van der Waals surface area (Å²) in [6.45, 7) is 5.46. The molecule has 0 bridgehead atoms. The van der Waals surface area contributed by atoms with E-state index in [4.69, 9.17) is 5.73 Å². The van der Waals surface area contributed by atoms with Crippen molar-refractivity contribution in [2.75, 3.05) is 6.54 Å². The second-order valence-corrected chi connectivity index (χ2v) is 6.23. The van der Waals surface area contributed by atoms with Gasteiger partial charge in [-0.3, -0.25) is 4.79 Å². The lowest BCUT2D eigenvalue weighted by Gasteiger charge is -2.28. The van der Waals surface area contributed by atoms with E-state index in [0.29, 0.717) is 17.9 Å². The number of nitrogens with zero attached hydrogens (tertiary/aromatic N) is 1. The second kappa shape index (κ2) is 5.38. The zero-order chi connectivity index (χ0) is 12.4. The molecule has 0 aromatic carbocycles. The molecule has 1 saturated heterocycles. The first-order chi connectivity index (χ1) is 8.08. The molecule has 2 fully saturated rings. The molecule has 1 aliphatic carbocycles. The molecule has 3 nitrogen and oxygen atoms in total. The van der Waals surface area contributed by atoms with Gasteiger partial charge >= 0.3 is 0 Å². The third-order valence-electron chi connectivity index (χ3n) is 4.23. The Morgan fingerprint density at radius 2 is 2.12 bits per heavy atom. The van der Waals surface area contributed by atoms with E-state index in [9.17, 15) is 4.79 Å². The molecule has 1 aliphatic heterocycles. The number of nitrogens with two attached hydrogens (primary N) is 1. The molecule has 0 aromatic rings. The van der Waals surface area contributed by atoms with Crippen molar-refractivity contribution in [2.24, 2.45) is 17.6 Å². The fraction of sp³-hybridized carbons (Fsp3) is 0.929. The summed E-state index contributed by atoms with van der Waals surface area (Å²) < 4.78 is 0. The first-order valence-electron chi connectivity index (χ1n) is 7.14. The van der Waals surface area contributed by atoms with Crippen LogP contribution in [-0.2, 0) is 4.79 Å². The van der Waals surface area contributed by atoms with E-state index in [2.05, 4.69) is 18.7 Å². The summed E-state index contributed by atoms with van der Waals surface area (Å²) in [5.74, 6) is 1.29. The number of likely N-dealkylation sites (tertiary alicyclic amines) is 1. The van der Waals surface area contributed by atoms with Crippen LogP contribution < -0.4 is 5.73 Å². The Bertz CT molecular complexity index is 277. The molecule has 0 aromatic heterocycles. The lowest BCUT2D eigenvalue weighted by molar-refractivity contribution is -0.136. The largest absolute Gasteiger partial charge is 0.339 e. The Kier molecular flexibility index (Phi) is 4.08. The van der Waals surface area contributed by atoms with Crippen LogP contribution in [0.3, 0.4) is 0 Å². The van der Waals surface area contributed by atoms with Crippen molar-refractivity contribution in [1.29, 1.82) is 0 Å². The van der Waals surface area contributed by atoms with Crippen LogP contribution in [0.2, 0.25) is 0 Å². The zero-order valence-electron chi connectivity index (χ0n) is 11.2. The van der Waals surface area contributed by atoms with Gasteiger partial charge in [-0.05, 0) is 44.4 Å². The second-order valence-electron chi connectivity index (χ2n) is 6.23. The van der Waals surface area contributed by atoms with Crippen molar-refractivity contribution in [1.82, 2.24) is 4.90 Å². The summed E-state index contributed by atoms with van der Waals surface area (Å²) in [6, 6.07) is 0.759. The molecule has 1 saturated carbocycles. The van der Waals surface area contributed by atoms with Crippen LogP contribution >= 0.6 is 0 Å². The molecule has 98 valence electrons. The summed E-state index contributed by atoms with van der Waals surface area (Å²) in [5.41, 5.74) is 5.91. The predicted octanol–water partition coefficient (Wildman–Crippen LogP) is 2.15. The smallest absolute Gasteiger partial charge is 0.225 e. The first-order valence-corrected chi connectivity index (χ1v) is 7.14. The maximum atomic E-state index is 12.5. The minimum atomic E-state index is 0.220. The number of hydrogen-bond donors (Lipinski definition) is 1. The quantitative estimate of drug-likeness (QED) is 0.819. The van der Waals surface area contributed by atoms with Gasteiger partial charge in [0.2, 0.25) is 5.91 Å². The molecule has 3 heteroatoms. The summed E-state index contributed by atoms with van der Waals surface area (Å²) in [7, 11) is 0. The van der Waals surface area contributed by atoms with Crippen LogP contribution in [0.25, 0.3) is 0 Å². The number of rotatable bonds is 3. The van der Waals surface area contributed by atoms with E-state index < -0.39 is 0 Å². The fourth-order valence-electron chi connectivity index (χ4n) is 3.39. The molecule has 3 atom stereocenters. The van der Waals surface area contributed by atoms with Crippen molar-refractivity contribution in [3.63, 3.8) is 0 Å². The van der Waals surface area contributed by atoms with Crippen molar-refractivity contribution in [3.05, 3.63) is 0 Å². The van der Waals surface area contributed by atoms with E-state index in [0.717, 1.165) is 32.2 Å². The Labute approximate surface area is 105 Å². The monoisotopic (exact) mass is 238 g/mol.